The van der Waals surface area contributed by atoms with E-state index in [2.05, 4.69) is 5.32 Å². The molecule has 0 aliphatic rings. The first-order valence-corrected chi connectivity index (χ1v) is 5.97. The second kappa shape index (κ2) is 5.42. The number of ether oxygens (including phenoxy) is 1. The van der Waals surface area contributed by atoms with Crippen LogP contribution in [-0.4, -0.2) is 25.7 Å². The fourth-order valence-electron chi connectivity index (χ4n) is 1.71. The second-order valence-corrected chi connectivity index (χ2v) is 4.56. The minimum absolute atomic E-state index is 0.0701. The van der Waals surface area contributed by atoms with E-state index in [0.29, 0.717) is 17.2 Å². The number of hydrogen-bond acceptors (Lipinski definition) is 3. The van der Waals surface area contributed by atoms with E-state index in [1.807, 2.05) is 6.92 Å². The lowest BCUT2D eigenvalue weighted by molar-refractivity contribution is 0.0880. The van der Waals surface area contributed by atoms with E-state index < -0.39 is 0 Å². The monoisotopic (exact) mass is 267 g/mol. The van der Waals surface area contributed by atoms with Crippen LogP contribution in [0, 0.1) is 0 Å². The normalized spacial score (nSPS) is 12.6. The average Bonchev–Trinajstić information content (AvgIpc) is 2.72. The van der Waals surface area contributed by atoms with Crippen LogP contribution in [0.15, 0.2) is 28.7 Å². The van der Waals surface area contributed by atoms with E-state index in [1.54, 1.807) is 31.4 Å². The summed E-state index contributed by atoms with van der Waals surface area (Å²) in [5.41, 5.74) is 0.643. The highest BCUT2D eigenvalue weighted by Crippen LogP contribution is 2.22. The maximum atomic E-state index is 11.9. The molecule has 1 heterocycles. The molecule has 1 aromatic heterocycles. The SMILES string of the molecule is COCC(C)NC(=O)c1cc2cc(Cl)ccc2o1. The molecule has 1 atom stereocenters. The average molecular weight is 268 g/mol. The predicted molar refractivity (Wildman–Crippen MR) is 70.0 cm³/mol. The number of carbonyl (C=O) groups excluding carboxylic acids is 1. The summed E-state index contributed by atoms with van der Waals surface area (Å²) in [4.78, 5) is 11.9. The first-order valence-electron chi connectivity index (χ1n) is 5.59. The Morgan fingerprint density at radius 1 is 1.50 bits per heavy atom. The summed E-state index contributed by atoms with van der Waals surface area (Å²) in [5.74, 6) is 0.0158. The number of halogens is 1. The van der Waals surface area contributed by atoms with Gasteiger partial charge < -0.3 is 14.5 Å². The molecule has 1 amide bonds. The molecule has 96 valence electrons. The van der Waals surface area contributed by atoms with Crippen LogP contribution in [0.2, 0.25) is 5.02 Å². The van der Waals surface area contributed by atoms with Crippen molar-refractivity contribution in [2.75, 3.05) is 13.7 Å². The molecule has 0 radical (unpaired) electrons. The zero-order valence-electron chi connectivity index (χ0n) is 10.2. The topological polar surface area (TPSA) is 51.5 Å². The molecular formula is C13H14ClNO3. The molecule has 0 fully saturated rings. The van der Waals surface area contributed by atoms with Crippen LogP contribution in [-0.2, 0) is 4.74 Å². The number of benzene rings is 1. The van der Waals surface area contributed by atoms with Crippen molar-refractivity contribution < 1.29 is 13.9 Å². The van der Waals surface area contributed by atoms with Crippen LogP contribution in [0.4, 0.5) is 0 Å². The third-order valence-corrected chi connectivity index (χ3v) is 2.73. The van der Waals surface area contributed by atoms with E-state index in [0.717, 1.165) is 5.39 Å². The lowest BCUT2D eigenvalue weighted by atomic mass is 10.2. The summed E-state index contributed by atoms with van der Waals surface area (Å²) in [6.07, 6.45) is 0. The number of fused-ring (bicyclic) bond motifs is 1. The number of amides is 1. The highest BCUT2D eigenvalue weighted by atomic mass is 35.5. The summed E-state index contributed by atoms with van der Waals surface area (Å²) in [6.45, 7) is 2.32. The fraction of sp³-hybridized carbons (Fsp3) is 0.308. The second-order valence-electron chi connectivity index (χ2n) is 4.12. The van der Waals surface area contributed by atoms with Crippen LogP contribution in [0.3, 0.4) is 0 Å². The molecule has 0 aliphatic heterocycles. The molecule has 0 bridgehead atoms. The molecule has 0 spiro atoms. The van der Waals surface area contributed by atoms with Gasteiger partial charge in [-0.05, 0) is 31.2 Å². The smallest absolute Gasteiger partial charge is 0.287 e. The number of rotatable bonds is 4. The standard InChI is InChI=1S/C13H14ClNO3/c1-8(7-17-2)15-13(16)12-6-9-5-10(14)3-4-11(9)18-12/h3-6,8H,7H2,1-2H3,(H,15,16). The zero-order chi connectivity index (χ0) is 13.1. The Kier molecular flexibility index (Phi) is 3.89. The fourth-order valence-corrected chi connectivity index (χ4v) is 1.89. The molecule has 5 heteroatoms. The third kappa shape index (κ3) is 2.83. The lowest BCUT2D eigenvalue weighted by Gasteiger charge is -2.10. The highest BCUT2D eigenvalue weighted by Gasteiger charge is 2.14. The van der Waals surface area contributed by atoms with Gasteiger partial charge in [0.1, 0.15) is 5.58 Å². The van der Waals surface area contributed by atoms with Crippen molar-refractivity contribution in [3.63, 3.8) is 0 Å². The lowest BCUT2D eigenvalue weighted by Crippen LogP contribution is -2.35. The van der Waals surface area contributed by atoms with Crippen molar-refractivity contribution in [1.82, 2.24) is 5.32 Å². The number of methoxy groups -OCH3 is 1. The van der Waals surface area contributed by atoms with Gasteiger partial charge in [-0.15, -0.1) is 0 Å². The van der Waals surface area contributed by atoms with Gasteiger partial charge in [0.25, 0.3) is 5.91 Å². The van der Waals surface area contributed by atoms with E-state index in [1.165, 1.54) is 0 Å². The van der Waals surface area contributed by atoms with Gasteiger partial charge in [0.15, 0.2) is 5.76 Å². The number of nitrogens with one attached hydrogen (secondary N) is 1. The van der Waals surface area contributed by atoms with Gasteiger partial charge in [-0.3, -0.25) is 4.79 Å². The molecule has 1 N–H and O–H groups in total. The van der Waals surface area contributed by atoms with Crippen molar-refractivity contribution in [1.29, 1.82) is 0 Å². The van der Waals surface area contributed by atoms with E-state index in [-0.39, 0.29) is 17.7 Å². The summed E-state index contributed by atoms with van der Waals surface area (Å²) in [5, 5.41) is 4.21. The van der Waals surface area contributed by atoms with E-state index in [4.69, 9.17) is 20.8 Å². The van der Waals surface area contributed by atoms with Crippen LogP contribution < -0.4 is 5.32 Å². The molecule has 2 rings (SSSR count). The van der Waals surface area contributed by atoms with Crippen molar-refractivity contribution in [2.24, 2.45) is 0 Å². The first kappa shape index (κ1) is 12.9. The van der Waals surface area contributed by atoms with Crippen LogP contribution in [0.1, 0.15) is 17.5 Å². The molecule has 1 aromatic carbocycles. The van der Waals surface area contributed by atoms with Gasteiger partial charge in [-0.2, -0.15) is 0 Å². The quantitative estimate of drug-likeness (QED) is 0.927. The molecule has 18 heavy (non-hydrogen) atoms. The molecule has 0 aliphatic carbocycles. The van der Waals surface area contributed by atoms with Gasteiger partial charge in [-0.25, -0.2) is 0 Å². The summed E-state index contributed by atoms with van der Waals surface area (Å²) in [7, 11) is 1.59. The van der Waals surface area contributed by atoms with Crippen molar-refractivity contribution in [3.8, 4) is 0 Å². The minimum Gasteiger partial charge on any atom is -0.451 e. The Balaban J connectivity index is 2.18. The Bertz CT molecular complexity index is 564. The molecule has 1 unspecified atom stereocenters. The third-order valence-electron chi connectivity index (χ3n) is 2.50. The molecule has 2 aromatic rings. The Morgan fingerprint density at radius 2 is 2.28 bits per heavy atom. The van der Waals surface area contributed by atoms with E-state index >= 15 is 0 Å². The van der Waals surface area contributed by atoms with Gasteiger partial charge in [0.05, 0.1) is 6.61 Å². The maximum Gasteiger partial charge on any atom is 0.287 e. The van der Waals surface area contributed by atoms with Gasteiger partial charge >= 0.3 is 0 Å². The molecule has 0 saturated heterocycles. The van der Waals surface area contributed by atoms with Gasteiger partial charge in [-0.1, -0.05) is 11.6 Å². The van der Waals surface area contributed by atoms with Crippen LogP contribution >= 0.6 is 11.6 Å². The summed E-state index contributed by atoms with van der Waals surface area (Å²) >= 11 is 5.87. The largest absolute Gasteiger partial charge is 0.451 e. The number of hydrogen-bond donors (Lipinski definition) is 1. The number of carbonyl (C=O) groups is 1. The summed E-state index contributed by atoms with van der Waals surface area (Å²) in [6, 6.07) is 6.83. The van der Waals surface area contributed by atoms with E-state index in [9.17, 15) is 4.79 Å². The zero-order valence-corrected chi connectivity index (χ0v) is 11.0. The van der Waals surface area contributed by atoms with Gasteiger partial charge in [0.2, 0.25) is 0 Å². The Labute approximate surface area is 110 Å². The number of furan rings is 1. The van der Waals surface area contributed by atoms with Crippen molar-refractivity contribution in [3.05, 3.63) is 35.0 Å². The Morgan fingerprint density at radius 3 is 3.00 bits per heavy atom. The van der Waals surface area contributed by atoms with Crippen LogP contribution in [0.25, 0.3) is 11.0 Å². The van der Waals surface area contributed by atoms with Crippen LogP contribution in [0.5, 0.6) is 0 Å². The highest BCUT2D eigenvalue weighted by molar-refractivity contribution is 6.31. The summed E-state index contributed by atoms with van der Waals surface area (Å²) < 4.78 is 10.4. The molecular weight excluding hydrogens is 254 g/mol. The minimum atomic E-state index is -0.258. The predicted octanol–water partition coefficient (Wildman–Crippen LogP) is 2.85. The molecule has 0 saturated carbocycles. The first-order chi connectivity index (χ1) is 8.60. The maximum absolute atomic E-state index is 11.9. The van der Waals surface area contributed by atoms with Crippen molar-refractivity contribution in [2.45, 2.75) is 13.0 Å². The van der Waals surface area contributed by atoms with Gasteiger partial charge in [0, 0.05) is 23.6 Å². The molecule has 4 nitrogen and oxygen atoms in total. The Hall–Kier alpha value is -1.52. The van der Waals surface area contributed by atoms with Crippen molar-refractivity contribution >= 4 is 28.5 Å².